The molecule has 0 aliphatic carbocycles. The van der Waals surface area contributed by atoms with Crippen LogP contribution >= 0.6 is 11.8 Å². The molecule has 28 heavy (non-hydrogen) atoms. The molecule has 0 saturated heterocycles. The molecule has 0 spiro atoms. The van der Waals surface area contributed by atoms with E-state index in [-0.39, 0.29) is 18.1 Å². The second-order valence-electron chi connectivity index (χ2n) is 6.89. The minimum Gasteiger partial charge on any atom is -0.508 e. The molecule has 0 bridgehead atoms. The van der Waals surface area contributed by atoms with Crippen molar-refractivity contribution in [1.82, 2.24) is 10.6 Å². The maximum atomic E-state index is 12.6. The summed E-state index contributed by atoms with van der Waals surface area (Å²) in [5.41, 5.74) is 6.49. The largest absolute Gasteiger partial charge is 0.508 e. The van der Waals surface area contributed by atoms with Gasteiger partial charge in [0.05, 0.1) is 6.04 Å². The number of rotatable bonds is 11. The fraction of sp³-hybridized carbons (Fsp3) is 0.526. The number of phenols is 1. The Labute approximate surface area is 169 Å². The summed E-state index contributed by atoms with van der Waals surface area (Å²) in [6.45, 7) is 3.52. The van der Waals surface area contributed by atoms with Gasteiger partial charge < -0.3 is 26.6 Å². The quantitative estimate of drug-likeness (QED) is 0.361. The van der Waals surface area contributed by atoms with E-state index >= 15 is 0 Å². The van der Waals surface area contributed by atoms with Crippen LogP contribution in [-0.2, 0) is 20.8 Å². The van der Waals surface area contributed by atoms with Crippen molar-refractivity contribution in [3.8, 4) is 5.75 Å². The number of carboxylic acid groups (broad SMARTS) is 1. The van der Waals surface area contributed by atoms with Gasteiger partial charge in [0.15, 0.2) is 0 Å². The molecule has 3 unspecified atom stereocenters. The van der Waals surface area contributed by atoms with E-state index in [1.807, 2.05) is 6.26 Å². The van der Waals surface area contributed by atoms with Crippen molar-refractivity contribution in [1.29, 1.82) is 0 Å². The van der Waals surface area contributed by atoms with E-state index in [2.05, 4.69) is 10.6 Å². The molecule has 2 amide bonds. The molecular weight excluding hydrogens is 382 g/mol. The predicted molar refractivity (Wildman–Crippen MR) is 109 cm³/mol. The standard InChI is InChI=1S/C19H29N3O5S/c1-11(2)16(22-17(24)14(20)8-9-28-3)18(25)21-15(19(26)27)10-12-4-6-13(23)7-5-12/h4-7,11,14-16,23H,8-10,20H2,1-3H3,(H,21,25)(H,22,24)(H,26,27). The first kappa shape index (κ1) is 23.8. The number of carbonyl (C=O) groups is 3. The van der Waals surface area contributed by atoms with Gasteiger partial charge in [-0.2, -0.15) is 11.8 Å². The topological polar surface area (TPSA) is 142 Å². The van der Waals surface area contributed by atoms with E-state index in [0.717, 1.165) is 5.75 Å². The third kappa shape index (κ3) is 7.77. The number of hydrogen-bond acceptors (Lipinski definition) is 6. The minimum atomic E-state index is -1.19. The first-order valence-electron chi connectivity index (χ1n) is 9.01. The molecule has 0 aromatic heterocycles. The van der Waals surface area contributed by atoms with Crippen molar-refractivity contribution in [2.24, 2.45) is 11.7 Å². The highest BCUT2D eigenvalue weighted by Gasteiger charge is 2.30. The lowest BCUT2D eigenvalue weighted by atomic mass is 10.0. The third-order valence-corrected chi connectivity index (χ3v) is 4.85. The van der Waals surface area contributed by atoms with Gasteiger partial charge >= 0.3 is 5.97 Å². The lowest BCUT2D eigenvalue weighted by molar-refractivity contribution is -0.142. The molecule has 156 valence electrons. The summed E-state index contributed by atoms with van der Waals surface area (Å²) in [6, 6.07) is 3.28. The number of hydrogen-bond donors (Lipinski definition) is 5. The molecule has 1 rings (SSSR count). The molecule has 0 aliphatic rings. The van der Waals surface area contributed by atoms with Crippen LogP contribution in [0, 0.1) is 5.92 Å². The number of nitrogens with one attached hydrogen (secondary N) is 2. The Hall–Kier alpha value is -2.26. The summed E-state index contributed by atoms with van der Waals surface area (Å²) in [5.74, 6) is -1.66. The zero-order chi connectivity index (χ0) is 21.3. The van der Waals surface area contributed by atoms with Crippen LogP contribution in [0.1, 0.15) is 25.8 Å². The number of nitrogens with two attached hydrogens (primary N) is 1. The Kier molecular flexibility index (Phi) is 9.81. The van der Waals surface area contributed by atoms with Gasteiger partial charge in [-0.15, -0.1) is 0 Å². The van der Waals surface area contributed by atoms with Crippen molar-refractivity contribution in [3.63, 3.8) is 0 Å². The molecule has 8 nitrogen and oxygen atoms in total. The lowest BCUT2D eigenvalue weighted by Crippen LogP contribution is -2.56. The van der Waals surface area contributed by atoms with E-state index in [4.69, 9.17) is 5.73 Å². The van der Waals surface area contributed by atoms with Crippen molar-refractivity contribution in [2.45, 2.75) is 44.8 Å². The lowest BCUT2D eigenvalue weighted by Gasteiger charge is -2.25. The number of aliphatic carboxylic acids is 1. The van der Waals surface area contributed by atoms with Gasteiger partial charge in [-0.1, -0.05) is 26.0 Å². The van der Waals surface area contributed by atoms with Crippen LogP contribution in [0.25, 0.3) is 0 Å². The van der Waals surface area contributed by atoms with Crippen molar-refractivity contribution < 1.29 is 24.6 Å². The number of benzene rings is 1. The molecule has 0 fully saturated rings. The van der Waals surface area contributed by atoms with Crippen molar-refractivity contribution in [2.75, 3.05) is 12.0 Å². The Morgan fingerprint density at radius 1 is 1.11 bits per heavy atom. The van der Waals surface area contributed by atoms with Crippen LogP contribution in [-0.4, -0.2) is 58.1 Å². The normalized spacial score (nSPS) is 14.2. The maximum absolute atomic E-state index is 12.6. The van der Waals surface area contributed by atoms with Gasteiger partial charge in [-0.3, -0.25) is 9.59 Å². The predicted octanol–water partition coefficient (Wildman–Crippen LogP) is 0.725. The zero-order valence-corrected chi connectivity index (χ0v) is 17.2. The monoisotopic (exact) mass is 411 g/mol. The van der Waals surface area contributed by atoms with Gasteiger partial charge in [-0.05, 0) is 42.0 Å². The van der Waals surface area contributed by atoms with Crippen LogP contribution in [0.3, 0.4) is 0 Å². The SMILES string of the molecule is CSCCC(N)C(=O)NC(C(=O)NC(Cc1ccc(O)cc1)C(=O)O)C(C)C. The Balaban J connectivity index is 2.79. The molecule has 0 aliphatic heterocycles. The third-order valence-electron chi connectivity index (χ3n) is 4.21. The average Bonchev–Trinajstić information content (AvgIpc) is 2.64. The van der Waals surface area contributed by atoms with Crippen molar-refractivity contribution >= 4 is 29.5 Å². The van der Waals surface area contributed by atoms with Crippen LogP contribution in [0.5, 0.6) is 5.75 Å². The Morgan fingerprint density at radius 2 is 1.71 bits per heavy atom. The first-order valence-corrected chi connectivity index (χ1v) is 10.4. The summed E-state index contributed by atoms with van der Waals surface area (Å²) < 4.78 is 0. The number of carbonyl (C=O) groups excluding carboxylic acids is 2. The molecule has 0 radical (unpaired) electrons. The van der Waals surface area contributed by atoms with Gasteiger partial charge in [-0.25, -0.2) is 4.79 Å². The number of carboxylic acids is 1. The molecule has 3 atom stereocenters. The number of aromatic hydroxyl groups is 1. The highest BCUT2D eigenvalue weighted by molar-refractivity contribution is 7.98. The summed E-state index contributed by atoms with van der Waals surface area (Å²) in [7, 11) is 0. The molecular formula is C19H29N3O5S. The highest BCUT2D eigenvalue weighted by Crippen LogP contribution is 2.12. The van der Waals surface area contributed by atoms with Crippen LogP contribution in [0.2, 0.25) is 0 Å². The first-order chi connectivity index (χ1) is 13.1. The van der Waals surface area contributed by atoms with E-state index in [0.29, 0.717) is 12.0 Å². The Bertz CT molecular complexity index is 666. The van der Waals surface area contributed by atoms with E-state index in [9.17, 15) is 24.6 Å². The number of phenolic OH excluding ortho intramolecular Hbond substituents is 1. The van der Waals surface area contributed by atoms with Crippen molar-refractivity contribution in [3.05, 3.63) is 29.8 Å². The molecule has 0 saturated carbocycles. The van der Waals surface area contributed by atoms with Gasteiger partial charge in [0.1, 0.15) is 17.8 Å². The van der Waals surface area contributed by atoms with Crippen LogP contribution in [0.15, 0.2) is 24.3 Å². The molecule has 1 aromatic carbocycles. The number of thioether (sulfide) groups is 1. The fourth-order valence-electron chi connectivity index (χ4n) is 2.50. The van der Waals surface area contributed by atoms with E-state index in [1.165, 1.54) is 12.1 Å². The highest BCUT2D eigenvalue weighted by atomic mass is 32.2. The summed E-state index contributed by atoms with van der Waals surface area (Å²) in [4.78, 5) is 36.5. The maximum Gasteiger partial charge on any atom is 0.326 e. The number of amides is 2. The average molecular weight is 412 g/mol. The zero-order valence-electron chi connectivity index (χ0n) is 16.3. The minimum absolute atomic E-state index is 0.0490. The summed E-state index contributed by atoms with van der Waals surface area (Å²) in [5, 5.41) is 23.9. The molecule has 9 heteroatoms. The van der Waals surface area contributed by atoms with Gasteiger partial charge in [0.2, 0.25) is 11.8 Å². The summed E-state index contributed by atoms with van der Waals surface area (Å²) >= 11 is 1.57. The van der Waals surface area contributed by atoms with E-state index in [1.54, 1.807) is 37.7 Å². The fourth-order valence-corrected chi connectivity index (χ4v) is 2.99. The summed E-state index contributed by atoms with van der Waals surface area (Å²) in [6.07, 6.45) is 2.44. The second-order valence-corrected chi connectivity index (χ2v) is 7.87. The molecule has 6 N–H and O–H groups in total. The smallest absolute Gasteiger partial charge is 0.326 e. The Morgan fingerprint density at radius 3 is 2.21 bits per heavy atom. The van der Waals surface area contributed by atoms with Gasteiger partial charge in [0.25, 0.3) is 0 Å². The van der Waals surface area contributed by atoms with Crippen LogP contribution < -0.4 is 16.4 Å². The van der Waals surface area contributed by atoms with Gasteiger partial charge in [0, 0.05) is 6.42 Å². The molecule has 0 heterocycles. The molecule has 1 aromatic rings. The second kappa shape index (κ2) is 11.6. The van der Waals surface area contributed by atoms with E-state index < -0.39 is 35.9 Å². The van der Waals surface area contributed by atoms with Crippen LogP contribution in [0.4, 0.5) is 0 Å².